The van der Waals surface area contributed by atoms with E-state index < -0.39 is 0 Å². The van der Waals surface area contributed by atoms with Gasteiger partial charge in [0.05, 0.1) is 4.92 Å². The Morgan fingerprint density at radius 1 is 1.40 bits per heavy atom. The summed E-state index contributed by atoms with van der Waals surface area (Å²) in [5, 5.41) is 10.5. The molecule has 1 aliphatic rings. The van der Waals surface area contributed by atoms with Crippen molar-refractivity contribution in [3.05, 3.63) is 50.7 Å². The Morgan fingerprint density at radius 2 is 2.13 bits per heavy atom. The normalized spacial score (nSPS) is 15.1. The van der Waals surface area contributed by atoms with Crippen molar-refractivity contribution in [2.75, 3.05) is 0 Å². The van der Waals surface area contributed by atoms with Crippen LogP contribution in [0.1, 0.15) is 30.0 Å². The average Bonchev–Trinajstić information content (AvgIpc) is 2.64. The molecule has 1 aromatic rings. The lowest BCUT2D eigenvalue weighted by molar-refractivity contribution is -0.422. The summed E-state index contributed by atoms with van der Waals surface area (Å²) in [6.07, 6.45) is 5.08. The number of hydrogen-bond acceptors (Lipinski definition) is 2. The van der Waals surface area contributed by atoms with Crippen molar-refractivity contribution in [2.24, 2.45) is 0 Å². The van der Waals surface area contributed by atoms with Gasteiger partial charge in [0.15, 0.2) is 0 Å². The number of nitro groups is 1. The molecule has 0 saturated heterocycles. The van der Waals surface area contributed by atoms with Crippen LogP contribution in [0.4, 0.5) is 0 Å². The molecular formula is C12H13NO2. The van der Waals surface area contributed by atoms with Gasteiger partial charge in [-0.05, 0) is 36.0 Å². The highest BCUT2D eigenvalue weighted by molar-refractivity contribution is 5.53. The van der Waals surface area contributed by atoms with Gasteiger partial charge in [-0.1, -0.05) is 18.2 Å². The Hall–Kier alpha value is -1.64. The first-order valence-corrected chi connectivity index (χ1v) is 5.11. The van der Waals surface area contributed by atoms with Crippen LogP contribution in [0.25, 0.3) is 6.08 Å². The summed E-state index contributed by atoms with van der Waals surface area (Å²) >= 11 is 0. The first-order chi connectivity index (χ1) is 7.16. The Labute approximate surface area is 88.6 Å². The smallest absolute Gasteiger partial charge is 0.243 e. The third-order valence-corrected chi connectivity index (χ3v) is 2.79. The molecule has 0 N–H and O–H groups in total. The lowest BCUT2D eigenvalue weighted by Crippen LogP contribution is -1.93. The molecule has 1 aromatic carbocycles. The van der Waals surface area contributed by atoms with E-state index in [4.69, 9.17) is 0 Å². The van der Waals surface area contributed by atoms with Crippen LogP contribution in [0.15, 0.2) is 23.9 Å². The molecule has 0 amide bonds. The summed E-state index contributed by atoms with van der Waals surface area (Å²) in [5.41, 5.74) is 3.86. The molecular weight excluding hydrogens is 190 g/mol. The molecule has 78 valence electrons. The summed E-state index contributed by atoms with van der Waals surface area (Å²) in [7, 11) is 0. The van der Waals surface area contributed by atoms with Crippen LogP contribution in [0.5, 0.6) is 0 Å². The van der Waals surface area contributed by atoms with Crippen molar-refractivity contribution < 1.29 is 4.92 Å². The maximum atomic E-state index is 10.5. The van der Waals surface area contributed by atoms with Gasteiger partial charge in [0.2, 0.25) is 5.70 Å². The maximum Gasteiger partial charge on any atom is 0.243 e. The van der Waals surface area contributed by atoms with Crippen molar-refractivity contribution in [1.29, 1.82) is 0 Å². The van der Waals surface area contributed by atoms with Crippen LogP contribution in [-0.4, -0.2) is 4.92 Å². The van der Waals surface area contributed by atoms with Gasteiger partial charge in [-0.25, -0.2) is 0 Å². The standard InChI is InChI=1S/C12H13NO2/c1-9(13(14)15)7-10-5-6-11-3-2-4-12(11)8-10/h5-8H,2-4H2,1H3/b9-7+. The van der Waals surface area contributed by atoms with E-state index in [0.717, 1.165) is 18.4 Å². The predicted molar refractivity (Wildman–Crippen MR) is 59.1 cm³/mol. The first-order valence-electron chi connectivity index (χ1n) is 5.11. The molecule has 0 fully saturated rings. The Balaban J connectivity index is 2.31. The minimum absolute atomic E-state index is 0.188. The van der Waals surface area contributed by atoms with Crippen LogP contribution >= 0.6 is 0 Å². The van der Waals surface area contributed by atoms with E-state index >= 15 is 0 Å². The second kappa shape index (κ2) is 3.85. The summed E-state index contributed by atoms with van der Waals surface area (Å²) < 4.78 is 0. The van der Waals surface area contributed by atoms with E-state index in [9.17, 15) is 10.1 Å². The highest BCUT2D eigenvalue weighted by Crippen LogP contribution is 2.23. The van der Waals surface area contributed by atoms with Gasteiger partial charge in [-0.15, -0.1) is 0 Å². The summed E-state index contributed by atoms with van der Waals surface area (Å²) in [4.78, 5) is 10.1. The lowest BCUT2D eigenvalue weighted by Gasteiger charge is -2.00. The number of rotatable bonds is 2. The second-order valence-corrected chi connectivity index (χ2v) is 3.92. The molecule has 0 spiro atoms. The topological polar surface area (TPSA) is 43.1 Å². The molecule has 0 unspecified atom stereocenters. The molecule has 0 atom stereocenters. The lowest BCUT2D eigenvalue weighted by atomic mass is 10.1. The highest BCUT2D eigenvalue weighted by atomic mass is 16.6. The monoisotopic (exact) mass is 203 g/mol. The van der Waals surface area contributed by atoms with Crippen molar-refractivity contribution in [1.82, 2.24) is 0 Å². The number of fused-ring (bicyclic) bond motifs is 1. The predicted octanol–water partition coefficient (Wildman–Crippen LogP) is 2.81. The van der Waals surface area contributed by atoms with Gasteiger partial charge in [-0.3, -0.25) is 10.1 Å². The SMILES string of the molecule is C/C(=C\c1ccc2c(c1)CCC2)[N+](=O)[O-]. The fourth-order valence-electron chi connectivity index (χ4n) is 1.98. The summed E-state index contributed by atoms with van der Waals surface area (Å²) in [6, 6.07) is 6.11. The molecule has 0 radical (unpaired) electrons. The zero-order valence-electron chi connectivity index (χ0n) is 8.69. The number of allylic oxidation sites excluding steroid dienone is 1. The van der Waals surface area contributed by atoms with Gasteiger partial charge < -0.3 is 0 Å². The van der Waals surface area contributed by atoms with Crippen molar-refractivity contribution in [3.63, 3.8) is 0 Å². The maximum absolute atomic E-state index is 10.5. The molecule has 15 heavy (non-hydrogen) atoms. The zero-order chi connectivity index (χ0) is 10.8. The van der Waals surface area contributed by atoms with Crippen molar-refractivity contribution in [2.45, 2.75) is 26.2 Å². The number of hydrogen-bond donors (Lipinski definition) is 0. The molecule has 0 heterocycles. The largest absolute Gasteiger partial charge is 0.259 e. The van der Waals surface area contributed by atoms with Crippen LogP contribution in [-0.2, 0) is 12.8 Å². The van der Waals surface area contributed by atoms with E-state index in [1.807, 2.05) is 6.07 Å². The summed E-state index contributed by atoms with van der Waals surface area (Å²) in [6.45, 7) is 1.52. The van der Waals surface area contributed by atoms with E-state index in [1.165, 1.54) is 24.5 Å². The Kier molecular flexibility index (Phi) is 2.54. The van der Waals surface area contributed by atoms with E-state index in [2.05, 4.69) is 12.1 Å². The van der Waals surface area contributed by atoms with E-state index in [0.29, 0.717) is 0 Å². The number of aryl methyl sites for hydroxylation is 2. The molecule has 0 aliphatic heterocycles. The van der Waals surface area contributed by atoms with Gasteiger partial charge in [0.25, 0.3) is 0 Å². The van der Waals surface area contributed by atoms with Crippen LogP contribution < -0.4 is 0 Å². The van der Waals surface area contributed by atoms with Gasteiger partial charge >= 0.3 is 0 Å². The van der Waals surface area contributed by atoms with E-state index in [-0.39, 0.29) is 10.6 Å². The van der Waals surface area contributed by atoms with Gasteiger partial charge in [-0.2, -0.15) is 0 Å². The Morgan fingerprint density at radius 3 is 2.87 bits per heavy atom. The van der Waals surface area contributed by atoms with Crippen LogP contribution in [0.2, 0.25) is 0 Å². The molecule has 1 aliphatic carbocycles. The van der Waals surface area contributed by atoms with Crippen LogP contribution in [0, 0.1) is 10.1 Å². The summed E-state index contributed by atoms with van der Waals surface area (Å²) in [5.74, 6) is 0. The van der Waals surface area contributed by atoms with Gasteiger partial charge in [0.1, 0.15) is 0 Å². The van der Waals surface area contributed by atoms with Crippen molar-refractivity contribution >= 4 is 6.08 Å². The molecule has 3 heteroatoms. The number of nitrogens with zero attached hydrogens (tertiary/aromatic N) is 1. The van der Waals surface area contributed by atoms with E-state index in [1.54, 1.807) is 6.08 Å². The minimum atomic E-state index is -0.354. The average molecular weight is 203 g/mol. The first kappa shape index (κ1) is 9.90. The third kappa shape index (κ3) is 2.06. The zero-order valence-corrected chi connectivity index (χ0v) is 8.69. The fraction of sp³-hybridized carbons (Fsp3) is 0.333. The molecule has 0 bridgehead atoms. The van der Waals surface area contributed by atoms with Gasteiger partial charge in [0, 0.05) is 13.0 Å². The number of benzene rings is 1. The van der Waals surface area contributed by atoms with Crippen LogP contribution in [0.3, 0.4) is 0 Å². The minimum Gasteiger partial charge on any atom is -0.259 e. The highest BCUT2D eigenvalue weighted by Gasteiger charge is 2.11. The second-order valence-electron chi connectivity index (χ2n) is 3.92. The molecule has 3 nitrogen and oxygen atoms in total. The molecule has 0 aromatic heterocycles. The third-order valence-electron chi connectivity index (χ3n) is 2.79. The molecule has 0 saturated carbocycles. The fourth-order valence-corrected chi connectivity index (χ4v) is 1.98. The Bertz CT molecular complexity index is 435. The quantitative estimate of drug-likeness (QED) is 0.548. The molecule has 2 rings (SSSR count). The van der Waals surface area contributed by atoms with Crippen molar-refractivity contribution in [3.8, 4) is 0 Å².